The van der Waals surface area contributed by atoms with Crippen LogP contribution in [0.3, 0.4) is 0 Å². The number of halogens is 3. The molecule has 0 fully saturated rings. The maximum absolute atomic E-state index is 13.1. The number of alkyl halides is 3. The number of likely N-dealkylation sites (N-methyl/N-ethyl adjacent to an activating group) is 1. The zero-order chi connectivity index (χ0) is 29.7. The van der Waals surface area contributed by atoms with Gasteiger partial charge in [0.05, 0.1) is 42.9 Å². The van der Waals surface area contributed by atoms with E-state index in [4.69, 9.17) is 19.3 Å². The number of aliphatic hydroxyl groups is 1. The third-order valence-corrected chi connectivity index (χ3v) is 5.89. The number of carbonyl (C=O) groups is 1. The number of nitrogens with one attached hydrogen (secondary N) is 1. The van der Waals surface area contributed by atoms with Crippen LogP contribution in [0.2, 0.25) is 0 Å². The second-order valence-corrected chi connectivity index (χ2v) is 8.78. The standard InChI is InChI=1S/C26H27F3N6O6/c1-14-16-12-20(38-3)21(39-4)13-19(16)32-24(30-14)34-25-31-18-6-5-15(40-10-8-35(2)7-9-36)11-17(18)22(33-25)41-23(37)26(27,28)29/h5-6,11-13,36H,7-10H2,1-4H3,(H,30,31,32,33,34). The molecule has 4 rings (SSSR count). The Morgan fingerprint density at radius 3 is 2.32 bits per heavy atom. The van der Waals surface area contributed by atoms with Gasteiger partial charge in [-0.15, -0.1) is 0 Å². The SMILES string of the molecule is COc1cc2nc(Nc3nc(OC(=O)C(F)(F)F)c4cc(OCCN(C)CCO)ccc4n3)nc(C)c2cc1OC. The Bertz CT molecular complexity index is 1570. The number of hydrogen-bond donors (Lipinski definition) is 2. The van der Waals surface area contributed by atoms with Crippen molar-refractivity contribution in [3.8, 4) is 23.1 Å². The number of aliphatic hydroxyl groups excluding tert-OH is 1. The van der Waals surface area contributed by atoms with E-state index in [0.29, 0.717) is 46.9 Å². The second-order valence-electron chi connectivity index (χ2n) is 8.78. The molecule has 0 atom stereocenters. The molecular weight excluding hydrogens is 549 g/mol. The number of rotatable bonds is 11. The highest BCUT2D eigenvalue weighted by Crippen LogP contribution is 2.34. The van der Waals surface area contributed by atoms with Crippen molar-refractivity contribution in [1.29, 1.82) is 0 Å². The first-order valence-corrected chi connectivity index (χ1v) is 12.2. The Morgan fingerprint density at radius 2 is 1.63 bits per heavy atom. The van der Waals surface area contributed by atoms with Crippen molar-refractivity contribution in [2.45, 2.75) is 13.1 Å². The predicted octanol–water partition coefficient (Wildman–Crippen LogP) is 3.41. The van der Waals surface area contributed by atoms with Crippen LogP contribution in [0, 0.1) is 6.92 Å². The Balaban J connectivity index is 1.69. The monoisotopic (exact) mass is 576 g/mol. The number of aryl methyl sites for hydroxylation is 1. The van der Waals surface area contributed by atoms with Crippen LogP contribution in [0.5, 0.6) is 23.1 Å². The lowest BCUT2D eigenvalue weighted by Crippen LogP contribution is -2.28. The lowest BCUT2D eigenvalue weighted by molar-refractivity contribution is -0.189. The van der Waals surface area contributed by atoms with Gasteiger partial charge in [-0.2, -0.15) is 18.2 Å². The van der Waals surface area contributed by atoms with E-state index >= 15 is 0 Å². The predicted molar refractivity (Wildman–Crippen MR) is 142 cm³/mol. The number of ether oxygens (including phenoxy) is 4. The minimum absolute atomic E-state index is 0.0130. The molecule has 0 radical (unpaired) electrons. The molecule has 0 saturated heterocycles. The van der Waals surface area contributed by atoms with E-state index in [9.17, 15) is 18.0 Å². The molecule has 2 N–H and O–H groups in total. The molecule has 0 unspecified atom stereocenters. The quantitative estimate of drug-likeness (QED) is 0.253. The summed E-state index contributed by atoms with van der Waals surface area (Å²) in [5.74, 6) is -2.03. The van der Waals surface area contributed by atoms with Crippen molar-refractivity contribution in [1.82, 2.24) is 24.8 Å². The first kappa shape index (κ1) is 29.5. The van der Waals surface area contributed by atoms with Crippen LogP contribution in [-0.2, 0) is 4.79 Å². The summed E-state index contributed by atoms with van der Waals surface area (Å²) in [5, 5.41) is 12.5. The molecule has 0 bridgehead atoms. The summed E-state index contributed by atoms with van der Waals surface area (Å²) >= 11 is 0. The van der Waals surface area contributed by atoms with E-state index in [-0.39, 0.29) is 36.0 Å². The average molecular weight is 577 g/mol. The molecule has 2 aromatic carbocycles. The Morgan fingerprint density at radius 1 is 0.951 bits per heavy atom. The zero-order valence-electron chi connectivity index (χ0n) is 22.6. The fourth-order valence-electron chi connectivity index (χ4n) is 3.82. The van der Waals surface area contributed by atoms with Crippen molar-refractivity contribution < 1.29 is 42.0 Å². The third-order valence-electron chi connectivity index (χ3n) is 5.89. The topological polar surface area (TPSA) is 141 Å². The summed E-state index contributed by atoms with van der Waals surface area (Å²) in [6, 6.07) is 7.80. The van der Waals surface area contributed by atoms with Crippen molar-refractivity contribution >= 4 is 39.7 Å². The number of nitrogens with zero attached hydrogens (tertiary/aromatic N) is 5. The van der Waals surface area contributed by atoms with E-state index in [0.717, 1.165) is 0 Å². The fraction of sp³-hybridized carbons (Fsp3) is 0.346. The van der Waals surface area contributed by atoms with Crippen molar-refractivity contribution in [2.24, 2.45) is 0 Å². The molecule has 218 valence electrons. The van der Waals surface area contributed by atoms with Gasteiger partial charge in [0.2, 0.25) is 17.8 Å². The highest BCUT2D eigenvalue weighted by molar-refractivity contribution is 5.90. The molecule has 2 aromatic heterocycles. The molecule has 0 aliphatic carbocycles. The van der Waals surface area contributed by atoms with Gasteiger partial charge in [-0.05, 0) is 38.2 Å². The number of fused-ring (bicyclic) bond motifs is 2. The molecule has 4 aromatic rings. The molecule has 41 heavy (non-hydrogen) atoms. The van der Waals surface area contributed by atoms with Crippen LogP contribution < -0.4 is 24.3 Å². The number of carbonyl (C=O) groups excluding carboxylic acids is 1. The second kappa shape index (κ2) is 12.3. The van der Waals surface area contributed by atoms with Crippen molar-refractivity contribution in [3.05, 3.63) is 36.0 Å². The van der Waals surface area contributed by atoms with E-state index in [1.807, 2.05) is 4.90 Å². The Labute approximate surface area is 232 Å². The van der Waals surface area contributed by atoms with Crippen LogP contribution >= 0.6 is 0 Å². The lowest BCUT2D eigenvalue weighted by Gasteiger charge is -2.16. The fourth-order valence-corrected chi connectivity index (χ4v) is 3.82. The molecule has 15 heteroatoms. The van der Waals surface area contributed by atoms with Gasteiger partial charge >= 0.3 is 12.1 Å². The normalized spacial score (nSPS) is 11.6. The molecule has 12 nitrogen and oxygen atoms in total. The first-order valence-electron chi connectivity index (χ1n) is 12.2. The maximum atomic E-state index is 13.1. The van der Waals surface area contributed by atoms with Crippen molar-refractivity contribution in [3.63, 3.8) is 0 Å². The van der Waals surface area contributed by atoms with Gasteiger partial charge in [0.15, 0.2) is 11.5 Å². The first-order chi connectivity index (χ1) is 19.5. The van der Waals surface area contributed by atoms with Gasteiger partial charge in [-0.1, -0.05) is 0 Å². The van der Waals surface area contributed by atoms with Crippen LogP contribution in [0.1, 0.15) is 5.69 Å². The van der Waals surface area contributed by atoms with E-state index < -0.39 is 18.0 Å². The average Bonchev–Trinajstić information content (AvgIpc) is 2.92. The summed E-state index contributed by atoms with van der Waals surface area (Å²) in [5.41, 5.74) is 1.23. The van der Waals surface area contributed by atoms with Gasteiger partial charge in [-0.3, -0.25) is 5.32 Å². The number of hydrogen-bond acceptors (Lipinski definition) is 12. The third kappa shape index (κ3) is 6.99. The van der Waals surface area contributed by atoms with Gasteiger partial charge < -0.3 is 29.0 Å². The van der Waals surface area contributed by atoms with Crippen molar-refractivity contribution in [2.75, 3.05) is 52.9 Å². The van der Waals surface area contributed by atoms with E-state index in [1.54, 1.807) is 32.2 Å². The Kier molecular flexibility index (Phi) is 8.88. The number of methoxy groups -OCH3 is 2. The van der Waals surface area contributed by atoms with Crippen LogP contribution in [-0.4, -0.2) is 89.7 Å². The van der Waals surface area contributed by atoms with Gasteiger partial charge in [0, 0.05) is 24.5 Å². The minimum Gasteiger partial charge on any atom is -0.493 e. The zero-order valence-corrected chi connectivity index (χ0v) is 22.6. The maximum Gasteiger partial charge on any atom is 0.491 e. The molecular formula is C26H27F3N6O6. The smallest absolute Gasteiger partial charge is 0.491 e. The molecule has 0 aliphatic heterocycles. The molecule has 0 saturated carbocycles. The molecule has 0 spiro atoms. The highest BCUT2D eigenvalue weighted by atomic mass is 19.4. The van der Waals surface area contributed by atoms with Crippen LogP contribution in [0.25, 0.3) is 21.8 Å². The Hall–Kier alpha value is -4.50. The van der Waals surface area contributed by atoms with Crippen LogP contribution in [0.15, 0.2) is 30.3 Å². The summed E-state index contributed by atoms with van der Waals surface area (Å²) in [7, 11) is 4.78. The minimum atomic E-state index is -5.26. The van der Waals surface area contributed by atoms with Gasteiger partial charge in [0.25, 0.3) is 0 Å². The van der Waals surface area contributed by atoms with E-state index in [2.05, 4.69) is 30.0 Å². The molecule has 0 aliphatic rings. The molecule has 0 amide bonds. The van der Waals surface area contributed by atoms with Gasteiger partial charge in [0.1, 0.15) is 12.4 Å². The molecule has 2 heterocycles. The summed E-state index contributed by atoms with van der Waals surface area (Å²) in [6.07, 6.45) is -5.26. The summed E-state index contributed by atoms with van der Waals surface area (Å²) in [4.78, 5) is 30.7. The van der Waals surface area contributed by atoms with Crippen LogP contribution in [0.4, 0.5) is 25.1 Å². The number of benzene rings is 2. The number of anilines is 2. The highest BCUT2D eigenvalue weighted by Gasteiger charge is 2.42. The largest absolute Gasteiger partial charge is 0.493 e. The lowest BCUT2D eigenvalue weighted by atomic mass is 10.1. The van der Waals surface area contributed by atoms with Gasteiger partial charge in [-0.25, -0.2) is 19.7 Å². The summed E-state index contributed by atoms with van der Waals surface area (Å²) in [6.45, 7) is 2.89. The summed E-state index contributed by atoms with van der Waals surface area (Å²) < 4.78 is 60.1. The number of aromatic nitrogens is 4. The van der Waals surface area contributed by atoms with E-state index in [1.165, 1.54) is 26.4 Å². The number of esters is 1.